The highest BCUT2D eigenvalue weighted by Gasteiger charge is 2.27. The molecule has 0 radical (unpaired) electrons. The lowest BCUT2D eigenvalue weighted by atomic mass is 10.1. The van der Waals surface area contributed by atoms with Gasteiger partial charge in [-0.25, -0.2) is 4.79 Å². The number of alkyl halides is 3. The molecule has 1 aromatic carbocycles. The summed E-state index contributed by atoms with van der Waals surface area (Å²) in [5.74, 6) is -0.402. The minimum atomic E-state index is -4.27. The number of nitrogens with one attached hydrogen (secondary N) is 1. The zero-order chi connectivity index (χ0) is 19.5. The molecule has 0 bridgehead atoms. The van der Waals surface area contributed by atoms with Gasteiger partial charge in [-0.2, -0.15) is 13.2 Å². The van der Waals surface area contributed by atoms with Gasteiger partial charge in [0.25, 0.3) is 0 Å². The number of carbonyl (C=O) groups excluding carboxylic acids is 1. The lowest BCUT2D eigenvalue weighted by Crippen LogP contribution is -2.28. The van der Waals surface area contributed by atoms with Crippen LogP contribution in [0.3, 0.4) is 0 Å². The van der Waals surface area contributed by atoms with Gasteiger partial charge in [-0.05, 0) is 32.8 Å². The Bertz CT molecular complexity index is 809. The van der Waals surface area contributed by atoms with Crippen LogP contribution in [-0.4, -0.2) is 30.4 Å². The van der Waals surface area contributed by atoms with E-state index in [0.717, 1.165) is 16.6 Å². The Kier molecular flexibility index (Phi) is 6.00. The summed E-state index contributed by atoms with van der Waals surface area (Å²) in [5, 5.41) is 3.11. The van der Waals surface area contributed by atoms with Gasteiger partial charge in [0.05, 0.1) is 12.7 Å². The number of esters is 1. The Balaban J connectivity index is 2.20. The molecule has 7 heteroatoms. The zero-order valence-electron chi connectivity index (χ0n) is 15.1. The predicted molar refractivity (Wildman–Crippen MR) is 95.2 cm³/mol. The van der Waals surface area contributed by atoms with Gasteiger partial charge in [-0.15, -0.1) is 0 Å². The molecule has 0 aliphatic rings. The third kappa shape index (κ3) is 4.39. The van der Waals surface area contributed by atoms with E-state index in [-0.39, 0.29) is 6.04 Å². The zero-order valence-corrected chi connectivity index (χ0v) is 15.1. The van der Waals surface area contributed by atoms with Crippen LogP contribution in [0.15, 0.2) is 36.5 Å². The van der Waals surface area contributed by atoms with Crippen molar-refractivity contribution in [3.05, 3.63) is 47.8 Å². The van der Waals surface area contributed by atoms with E-state index in [2.05, 4.69) is 11.9 Å². The topological polar surface area (TPSA) is 43.3 Å². The molecule has 0 saturated carbocycles. The third-order valence-electron chi connectivity index (χ3n) is 4.39. The van der Waals surface area contributed by atoms with Crippen LogP contribution in [0.1, 0.15) is 41.9 Å². The number of benzene rings is 1. The first-order valence-corrected chi connectivity index (χ1v) is 8.32. The first-order chi connectivity index (χ1) is 12.2. The van der Waals surface area contributed by atoms with E-state index in [9.17, 15) is 18.0 Å². The molecule has 0 saturated heterocycles. The van der Waals surface area contributed by atoms with Crippen LogP contribution in [0.4, 0.5) is 13.2 Å². The van der Waals surface area contributed by atoms with Gasteiger partial charge in [-0.3, -0.25) is 0 Å². The van der Waals surface area contributed by atoms with E-state index in [0.29, 0.717) is 24.1 Å². The molecule has 1 N–H and O–H groups in total. The van der Waals surface area contributed by atoms with Crippen molar-refractivity contribution < 1.29 is 22.7 Å². The number of methoxy groups -OCH3 is 1. The Hall–Kier alpha value is -2.44. The van der Waals surface area contributed by atoms with E-state index in [1.54, 1.807) is 0 Å². The van der Waals surface area contributed by atoms with Crippen molar-refractivity contribution in [1.29, 1.82) is 0 Å². The molecule has 0 aliphatic carbocycles. The quantitative estimate of drug-likeness (QED) is 0.718. The summed E-state index contributed by atoms with van der Waals surface area (Å²) in [5.41, 5.74) is 2.53. The molecule has 0 fully saturated rings. The van der Waals surface area contributed by atoms with Crippen molar-refractivity contribution in [3.8, 4) is 0 Å². The van der Waals surface area contributed by atoms with Crippen molar-refractivity contribution in [2.75, 3.05) is 13.7 Å². The Morgan fingerprint density at radius 2 is 2.00 bits per heavy atom. The van der Waals surface area contributed by atoms with Crippen LogP contribution in [0, 0.1) is 6.92 Å². The SMILES string of the molecule is C=C(CC[C@@H](C)n1c(C)c(C(=O)OC)c2ccccc21)NCC(F)(F)F. The highest BCUT2D eigenvalue weighted by molar-refractivity contribution is 6.05. The number of fused-ring (bicyclic) bond motifs is 1. The largest absolute Gasteiger partial charge is 0.465 e. The lowest BCUT2D eigenvalue weighted by Gasteiger charge is -2.19. The summed E-state index contributed by atoms with van der Waals surface area (Å²) in [6, 6.07) is 7.49. The van der Waals surface area contributed by atoms with Gasteiger partial charge >= 0.3 is 12.1 Å². The molecule has 1 heterocycles. The van der Waals surface area contributed by atoms with Gasteiger partial charge in [-0.1, -0.05) is 24.8 Å². The van der Waals surface area contributed by atoms with E-state index < -0.39 is 18.7 Å². The second-order valence-electron chi connectivity index (χ2n) is 6.30. The van der Waals surface area contributed by atoms with Crippen molar-refractivity contribution in [2.24, 2.45) is 0 Å². The second-order valence-corrected chi connectivity index (χ2v) is 6.30. The summed E-state index contributed by atoms with van der Waals surface area (Å²) >= 11 is 0. The van der Waals surface area contributed by atoms with Crippen molar-refractivity contribution in [1.82, 2.24) is 9.88 Å². The molecule has 0 amide bonds. The standard InChI is InChI=1S/C19H23F3N2O2/c1-12(23-11-19(20,21)22)9-10-13(2)24-14(3)17(18(25)26-4)15-7-5-6-8-16(15)24/h5-8,13,23H,1,9-11H2,2-4H3/t13-/m1/s1. The normalized spacial score (nSPS) is 12.8. The van der Waals surface area contributed by atoms with Crippen LogP contribution < -0.4 is 5.32 Å². The van der Waals surface area contributed by atoms with E-state index in [1.165, 1.54) is 7.11 Å². The number of hydrogen-bond acceptors (Lipinski definition) is 3. The number of ether oxygens (including phenoxy) is 1. The number of rotatable bonds is 7. The molecule has 2 aromatic rings. The van der Waals surface area contributed by atoms with Crippen molar-refractivity contribution in [2.45, 2.75) is 38.9 Å². The van der Waals surface area contributed by atoms with Gasteiger partial charge in [0.1, 0.15) is 6.54 Å². The first kappa shape index (κ1) is 19.9. The van der Waals surface area contributed by atoms with E-state index in [1.807, 2.05) is 42.7 Å². The number of halogens is 3. The van der Waals surface area contributed by atoms with Crippen LogP contribution in [-0.2, 0) is 4.74 Å². The van der Waals surface area contributed by atoms with Gasteiger partial charge in [0, 0.05) is 28.3 Å². The van der Waals surface area contributed by atoms with Crippen molar-refractivity contribution in [3.63, 3.8) is 0 Å². The molecule has 2 rings (SSSR count). The number of para-hydroxylation sites is 1. The summed E-state index contributed by atoms with van der Waals surface area (Å²) in [6.07, 6.45) is -3.28. The maximum atomic E-state index is 12.3. The Morgan fingerprint density at radius 1 is 1.35 bits per heavy atom. The highest BCUT2D eigenvalue weighted by atomic mass is 19.4. The number of carbonyl (C=O) groups is 1. The molecule has 4 nitrogen and oxygen atoms in total. The molecule has 0 spiro atoms. The van der Waals surface area contributed by atoms with Crippen molar-refractivity contribution >= 4 is 16.9 Å². The first-order valence-electron chi connectivity index (χ1n) is 8.32. The Labute approximate surface area is 150 Å². The molecule has 0 unspecified atom stereocenters. The van der Waals surface area contributed by atoms with Crippen LogP contribution in [0.2, 0.25) is 0 Å². The molecular formula is C19H23F3N2O2. The predicted octanol–water partition coefficient (Wildman–Crippen LogP) is 4.74. The number of allylic oxidation sites excluding steroid dienone is 1. The molecule has 142 valence electrons. The molecular weight excluding hydrogens is 345 g/mol. The number of nitrogens with zero attached hydrogens (tertiary/aromatic N) is 1. The Morgan fingerprint density at radius 3 is 2.62 bits per heavy atom. The van der Waals surface area contributed by atoms with Crippen LogP contribution in [0.5, 0.6) is 0 Å². The molecule has 26 heavy (non-hydrogen) atoms. The average Bonchev–Trinajstić information content (AvgIpc) is 2.88. The fraction of sp³-hybridized carbons (Fsp3) is 0.421. The highest BCUT2D eigenvalue weighted by Crippen LogP contribution is 2.31. The summed E-state index contributed by atoms with van der Waals surface area (Å²) < 4.78 is 43.7. The fourth-order valence-electron chi connectivity index (χ4n) is 3.14. The van der Waals surface area contributed by atoms with Crippen LogP contribution >= 0.6 is 0 Å². The maximum absolute atomic E-state index is 12.3. The summed E-state index contributed by atoms with van der Waals surface area (Å²) in [4.78, 5) is 12.2. The third-order valence-corrected chi connectivity index (χ3v) is 4.39. The average molecular weight is 368 g/mol. The van der Waals surface area contributed by atoms with E-state index in [4.69, 9.17) is 4.74 Å². The lowest BCUT2D eigenvalue weighted by molar-refractivity contribution is -0.123. The summed E-state index contributed by atoms with van der Waals surface area (Å²) in [6.45, 7) is 6.39. The minimum Gasteiger partial charge on any atom is -0.465 e. The molecule has 1 atom stereocenters. The smallest absolute Gasteiger partial charge is 0.405 e. The maximum Gasteiger partial charge on any atom is 0.405 e. The number of aromatic nitrogens is 1. The monoisotopic (exact) mass is 368 g/mol. The minimum absolute atomic E-state index is 0.0252. The van der Waals surface area contributed by atoms with Gasteiger partial charge in [0.15, 0.2) is 0 Å². The van der Waals surface area contributed by atoms with Gasteiger partial charge < -0.3 is 14.6 Å². The van der Waals surface area contributed by atoms with E-state index >= 15 is 0 Å². The molecule has 0 aliphatic heterocycles. The van der Waals surface area contributed by atoms with Gasteiger partial charge in [0.2, 0.25) is 0 Å². The molecule has 1 aromatic heterocycles. The summed E-state index contributed by atoms with van der Waals surface area (Å²) in [7, 11) is 1.34. The second kappa shape index (κ2) is 7.85. The number of hydrogen-bond donors (Lipinski definition) is 1. The fourth-order valence-corrected chi connectivity index (χ4v) is 3.14. The van der Waals surface area contributed by atoms with Crippen LogP contribution in [0.25, 0.3) is 10.9 Å².